The smallest absolute Gasteiger partial charge is 0.220 e. The molecule has 1 amide bonds. The molecule has 4 atom stereocenters. The van der Waals surface area contributed by atoms with Crippen LogP contribution in [0.25, 0.3) is 0 Å². The summed E-state index contributed by atoms with van der Waals surface area (Å²) >= 11 is 0. The highest BCUT2D eigenvalue weighted by Gasteiger charge is 2.47. The first kappa shape index (κ1) is 14.4. The van der Waals surface area contributed by atoms with Gasteiger partial charge < -0.3 is 19.9 Å². The zero-order valence-corrected chi connectivity index (χ0v) is 11.5. The molecule has 0 unspecified atom stereocenters. The lowest BCUT2D eigenvalue weighted by atomic mass is 10.1. The van der Waals surface area contributed by atoms with E-state index in [0.29, 0.717) is 13.0 Å². The van der Waals surface area contributed by atoms with Crippen LogP contribution in [0.3, 0.4) is 0 Å². The van der Waals surface area contributed by atoms with Crippen molar-refractivity contribution in [2.75, 3.05) is 13.2 Å². The average molecular weight is 295 g/mol. The topological polar surface area (TPSA) is 67.8 Å². The summed E-state index contributed by atoms with van der Waals surface area (Å²) in [6, 6.07) is 6.00. The van der Waals surface area contributed by atoms with Gasteiger partial charge in [-0.05, 0) is 24.1 Å². The van der Waals surface area contributed by atoms with Gasteiger partial charge in [0.2, 0.25) is 5.91 Å². The lowest BCUT2D eigenvalue weighted by Crippen LogP contribution is -2.44. The van der Waals surface area contributed by atoms with Gasteiger partial charge in [0, 0.05) is 6.42 Å². The summed E-state index contributed by atoms with van der Waals surface area (Å²) in [6.45, 7) is 0.586. The van der Waals surface area contributed by atoms with Crippen LogP contribution in [0.5, 0.6) is 0 Å². The van der Waals surface area contributed by atoms with Crippen molar-refractivity contribution in [3.63, 3.8) is 0 Å². The first-order valence-electron chi connectivity index (χ1n) is 7.08. The fourth-order valence-electron chi connectivity index (χ4n) is 2.83. The molecular formula is C15H18FNO4. The molecule has 6 heteroatoms. The minimum absolute atomic E-state index is 0.126. The molecule has 0 bridgehead atoms. The number of benzene rings is 1. The zero-order valence-electron chi connectivity index (χ0n) is 11.5. The maximum atomic E-state index is 13.0. The van der Waals surface area contributed by atoms with E-state index in [9.17, 15) is 14.3 Å². The molecule has 2 heterocycles. The van der Waals surface area contributed by atoms with E-state index >= 15 is 0 Å². The van der Waals surface area contributed by atoms with Crippen molar-refractivity contribution < 1.29 is 23.8 Å². The summed E-state index contributed by atoms with van der Waals surface area (Å²) in [5, 5.41) is 12.5. The number of fused-ring (bicyclic) bond motifs is 1. The van der Waals surface area contributed by atoms with Gasteiger partial charge in [-0.2, -0.15) is 0 Å². The van der Waals surface area contributed by atoms with Gasteiger partial charge in [0.1, 0.15) is 24.1 Å². The first-order chi connectivity index (χ1) is 10.1. The van der Waals surface area contributed by atoms with Crippen molar-refractivity contribution in [1.29, 1.82) is 0 Å². The summed E-state index contributed by atoms with van der Waals surface area (Å²) in [7, 11) is 0. The molecule has 1 aromatic carbocycles. The molecule has 2 aliphatic rings. The van der Waals surface area contributed by atoms with E-state index in [1.165, 1.54) is 12.1 Å². The van der Waals surface area contributed by atoms with E-state index < -0.39 is 6.10 Å². The monoisotopic (exact) mass is 295 g/mol. The average Bonchev–Trinajstić information content (AvgIpc) is 3.01. The number of aliphatic hydroxyl groups excluding tert-OH is 1. The van der Waals surface area contributed by atoms with Crippen LogP contribution in [-0.2, 0) is 20.7 Å². The highest BCUT2D eigenvalue weighted by Crippen LogP contribution is 2.26. The van der Waals surface area contributed by atoms with Crippen LogP contribution < -0.4 is 5.32 Å². The van der Waals surface area contributed by atoms with Gasteiger partial charge in [-0.1, -0.05) is 12.1 Å². The summed E-state index contributed by atoms with van der Waals surface area (Å²) in [4.78, 5) is 11.9. The van der Waals surface area contributed by atoms with Gasteiger partial charge in [-0.15, -0.1) is 0 Å². The molecule has 0 aliphatic carbocycles. The molecule has 0 saturated carbocycles. The Morgan fingerprint density at radius 1 is 1.33 bits per heavy atom. The normalized spacial score (nSPS) is 31.1. The van der Waals surface area contributed by atoms with Crippen LogP contribution in [0.4, 0.5) is 4.39 Å². The molecule has 5 nitrogen and oxygen atoms in total. The molecule has 0 aromatic heterocycles. The Bertz CT molecular complexity index is 524. The number of aliphatic hydroxyl groups is 1. The molecule has 2 N–H and O–H groups in total. The third kappa shape index (κ3) is 3.23. The van der Waals surface area contributed by atoms with E-state index in [-0.39, 0.29) is 43.0 Å². The fraction of sp³-hybridized carbons (Fsp3) is 0.533. The van der Waals surface area contributed by atoms with Gasteiger partial charge in [-0.3, -0.25) is 4.79 Å². The second kappa shape index (κ2) is 6.09. The van der Waals surface area contributed by atoms with Crippen molar-refractivity contribution >= 4 is 5.91 Å². The zero-order chi connectivity index (χ0) is 14.8. The SMILES string of the molecule is O=C(CCc1cccc(F)c1)N[C@@H]1CO[C@H]2[C@@H]1OC[C@H]2O. The van der Waals surface area contributed by atoms with Crippen molar-refractivity contribution in [1.82, 2.24) is 5.32 Å². The molecule has 21 heavy (non-hydrogen) atoms. The van der Waals surface area contributed by atoms with Crippen LogP contribution in [0.2, 0.25) is 0 Å². The highest BCUT2D eigenvalue weighted by atomic mass is 19.1. The molecule has 2 fully saturated rings. The maximum Gasteiger partial charge on any atom is 0.220 e. The predicted octanol–water partition coefficient (Wildman–Crippen LogP) is 0.402. The molecule has 2 saturated heterocycles. The highest BCUT2D eigenvalue weighted by molar-refractivity contribution is 5.76. The lowest BCUT2D eigenvalue weighted by molar-refractivity contribution is -0.122. The van der Waals surface area contributed by atoms with E-state index in [1.807, 2.05) is 0 Å². The third-order valence-electron chi connectivity index (χ3n) is 3.90. The Hall–Kier alpha value is -1.50. The Labute approximate surface area is 122 Å². The number of halogens is 1. The number of hydrogen-bond donors (Lipinski definition) is 2. The van der Waals surface area contributed by atoms with E-state index in [4.69, 9.17) is 9.47 Å². The van der Waals surface area contributed by atoms with Crippen LogP contribution >= 0.6 is 0 Å². The number of carbonyl (C=O) groups excluding carboxylic acids is 1. The van der Waals surface area contributed by atoms with Crippen molar-refractivity contribution in [2.24, 2.45) is 0 Å². The Balaban J connectivity index is 1.49. The lowest BCUT2D eigenvalue weighted by Gasteiger charge is -2.17. The van der Waals surface area contributed by atoms with Gasteiger partial charge >= 0.3 is 0 Å². The minimum Gasteiger partial charge on any atom is -0.388 e. The van der Waals surface area contributed by atoms with Gasteiger partial charge in [-0.25, -0.2) is 4.39 Å². The van der Waals surface area contributed by atoms with Crippen LogP contribution in [0.15, 0.2) is 24.3 Å². The quantitative estimate of drug-likeness (QED) is 0.844. The Morgan fingerprint density at radius 2 is 2.14 bits per heavy atom. The van der Waals surface area contributed by atoms with E-state index in [1.54, 1.807) is 12.1 Å². The number of carbonyl (C=O) groups is 1. The fourth-order valence-corrected chi connectivity index (χ4v) is 2.83. The number of rotatable bonds is 4. The molecule has 1 aromatic rings. The van der Waals surface area contributed by atoms with Gasteiger partial charge in [0.25, 0.3) is 0 Å². The molecule has 2 aliphatic heterocycles. The van der Waals surface area contributed by atoms with Crippen LogP contribution in [0, 0.1) is 5.82 Å². The summed E-state index contributed by atoms with van der Waals surface area (Å²) in [5.74, 6) is -0.424. The van der Waals surface area contributed by atoms with Gasteiger partial charge in [0.15, 0.2) is 0 Å². The van der Waals surface area contributed by atoms with Crippen molar-refractivity contribution in [3.05, 3.63) is 35.6 Å². The molecule has 3 rings (SSSR count). The third-order valence-corrected chi connectivity index (χ3v) is 3.90. The second-order valence-electron chi connectivity index (χ2n) is 5.47. The molecular weight excluding hydrogens is 277 g/mol. The Morgan fingerprint density at radius 3 is 2.95 bits per heavy atom. The summed E-state index contributed by atoms with van der Waals surface area (Å²) in [6.07, 6.45) is -0.491. The standard InChI is InChI=1S/C15H18FNO4/c16-10-3-1-2-9(6-10)4-5-13(19)17-11-7-20-15-12(18)8-21-14(11)15/h1-3,6,11-12,14-15,18H,4-5,7-8H2,(H,17,19)/t11-,12-,14-,15-/m1/s1. The second-order valence-corrected chi connectivity index (χ2v) is 5.47. The summed E-state index contributed by atoms with van der Waals surface area (Å²) < 4.78 is 23.9. The number of ether oxygens (including phenoxy) is 2. The molecule has 0 radical (unpaired) electrons. The number of amides is 1. The van der Waals surface area contributed by atoms with Crippen molar-refractivity contribution in [2.45, 2.75) is 37.2 Å². The number of hydrogen-bond acceptors (Lipinski definition) is 4. The van der Waals surface area contributed by atoms with Gasteiger partial charge in [0.05, 0.1) is 19.3 Å². The van der Waals surface area contributed by atoms with E-state index in [0.717, 1.165) is 5.56 Å². The van der Waals surface area contributed by atoms with Crippen LogP contribution in [-0.4, -0.2) is 48.6 Å². The van der Waals surface area contributed by atoms with E-state index in [2.05, 4.69) is 5.32 Å². The molecule has 0 spiro atoms. The predicted molar refractivity (Wildman–Crippen MR) is 72.1 cm³/mol. The maximum absolute atomic E-state index is 13.0. The summed E-state index contributed by atoms with van der Waals surface area (Å²) in [5.41, 5.74) is 0.790. The van der Waals surface area contributed by atoms with Crippen LogP contribution in [0.1, 0.15) is 12.0 Å². The Kier molecular flexibility index (Phi) is 4.19. The molecule has 114 valence electrons. The number of aryl methyl sites for hydroxylation is 1. The largest absolute Gasteiger partial charge is 0.388 e. The minimum atomic E-state index is -0.621. The first-order valence-corrected chi connectivity index (χ1v) is 7.08. The number of nitrogens with one attached hydrogen (secondary N) is 1. The van der Waals surface area contributed by atoms with Crippen molar-refractivity contribution in [3.8, 4) is 0 Å².